The molecule has 1 aromatic heterocycles. The number of hydrogen-bond acceptors (Lipinski definition) is 5. The fraction of sp³-hybridized carbons (Fsp3) is 0.800. The molecule has 0 aliphatic carbocycles. The first-order chi connectivity index (χ1) is 7.27. The fourth-order valence-corrected chi connectivity index (χ4v) is 1.44. The van der Waals surface area contributed by atoms with Crippen molar-refractivity contribution < 1.29 is 9.74 Å². The van der Waals surface area contributed by atoms with E-state index in [1.165, 1.54) is 0 Å². The Bertz CT molecular complexity index is 275. The Labute approximate surface area is 89.8 Å². The number of nitrogens with zero attached hydrogens (tertiary/aromatic N) is 2. The van der Waals surface area contributed by atoms with Gasteiger partial charge in [-0.05, 0) is 25.8 Å². The van der Waals surface area contributed by atoms with E-state index in [0.717, 1.165) is 30.8 Å². The van der Waals surface area contributed by atoms with Crippen molar-refractivity contribution in [2.45, 2.75) is 33.2 Å². The van der Waals surface area contributed by atoms with Gasteiger partial charge in [0.15, 0.2) is 0 Å². The van der Waals surface area contributed by atoms with Crippen LogP contribution in [0, 0.1) is 12.8 Å². The van der Waals surface area contributed by atoms with Crippen LogP contribution < -0.4 is 5.32 Å². The molecule has 0 aromatic carbocycles. The third-order valence-corrected chi connectivity index (χ3v) is 2.59. The highest BCUT2D eigenvalue weighted by atomic mass is 16.6. The van der Waals surface area contributed by atoms with Crippen LogP contribution in [-0.2, 0) is 6.54 Å². The molecule has 0 amide bonds. The number of aromatic nitrogens is 2. The normalized spacial score (nSPS) is 13.0. The van der Waals surface area contributed by atoms with Crippen LogP contribution in [0.5, 0.6) is 0 Å². The van der Waals surface area contributed by atoms with Gasteiger partial charge < -0.3 is 10.4 Å². The molecule has 1 atom stereocenters. The Morgan fingerprint density at radius 3 is 2.80 bits per heavy atom. The highest BCUT2D eigenvalue weighted by Crippen LogP contribution is 2.06. The minimum absolute atomic E-state index is 0.255. The van der Waals surface area contributed by atoms with Gasteiger partial charge in [0.1, 0.15) is 11.4 Å². The molecule has 0 radical (unpaired) electrons. The summed E-state index contributed by atoms with van der Waals surface area (Å²) in [6, 6.07) is 0. The average molecular weight is 213 g/mol. The standard InChI is InChI=1S/C10H19N3O2/c1-3-9(4-5-14)6-11-7-10-8(2)12-15-13-10/h9,11,14H,3-7H2,1-2H3. The molecule has 1 aromatic rings. The van der Waals surface area contributed by atoms with E-state index in [0.29, 0.717) is 12.5 Å². The fourth-order valence-electron chi connectivity index (χ4n) is 1.44. The quantitative estimate of drug-likeness (QED) is 0.703. The number of nitrogens with one attached hydrogen (secondary N) is 1. The molecule has 15 heavy (non-hydrogen) atoms. The minimum atomic E-state index is 0.255. The molecule has 1 unspecified atom stereocenters. The van der Waals surface area contributed by atoms with Crippen LogP contribution in [0.4, 0.5) is 0 Å². The largest absolute Gasteiger partial charge is 0.396 e. The zero-order valence-electron chi connectivity index (χ0n) is 9.36. The van der Waals surface area contributed by atoms with Crippen LogP contribution in [0.2, 0.25) is 0 Å². The molecule has 5 nitrogen and oxygen atoms in total. The maximum absolute atomic E-state index is 8.83. The Balaban J connectivity index is 2.23. The van der Waals surface area contributed by atoms with Crippen LogP contribution in [-0.4, -0.2) is 28.6 Å². The van der Waals surface area contributed by atoms with E-state index in [-0.39, 0.29) is 6.61 Å². The van der Waals surface area contributed by atoms with E-state index < -0.39 is 0 Å². The zero-order chi connectivity index (χ0) is 11.1. The summed E-state index contributed by atoms with van der Waals surface area (Å²) < 4.78 is 4.60. The molecular weight excluding hydrogens is 194 g/mol. The number of rotatable bonds is 7. The second-order valence-electron chi connectivity index (χ2n) is 3.71. The Hall–Kier alpha value is -0.940. The van der Waals surface area contributed by atoms with E-state index in [1.807, 2.05) is 6.92 Å². The van der Waals surface area contributed by atoms with Gasteiger partial charge in [0, 0.05) is 13.2 Å². The van der Waals surface area contributed by atoms with E-state index in [1.54, 1.807) is 0 Å². The van der Waals surface area contributed by atoms with Crippen LogP contribution in [0.3, 0.4) is 0 Å². The van der Waals surface area contributed by atoms with Gasteiger partial charge in [0.25, 0.3) is 0 Å². The van der Waals surface area contributed by atoms with Crippen molar-refractivity contribution in [1.29, 1.82) is 0 Å². The predicted molar refractivity (Wildman–Crippen MR) is 56.2 cm³/mol. The lowest BCUT2D eigenvalue weighted by Gasteiger charge is -2.13. The van der Waals surface area contributed by atoms with Gasteiger partial charge in [-0.3, -0.25) is 0 Å². The highest BCUT2D eigenvalue weighted by Gasteiger charge is 2.07. The lowest BCUT2D eigenvalue weighted by atomic mass is 10.0. The molecule has 0 saturated heterocycles. The van der Waals surface area contributed by atoms with Crippen molar-refractivity contribution in [3.63, 3.8) is 0 Å². The number of aryl methyl sites for hydroxylation is 1. The van der Waals surface area contributed by atoms with Gasteiger partial charge in [-0.2, -0.15) is 0 Å². The Morgan fingerprint density at radius 2 is 2.27 bits per heavy atom. The summed E-state index contributed by atoms with van der Waals surface area (Å²) in [6.45, 7) is 5.83. The van der Waals surface area contributed by atoms with Crippen LogP contribution in [0.1, 0.15) is 31.2 Å². The third-order valence-electron chi connectivity index (χ3n) is 2.59. The molecule has 0 saturated carbocycles. The van der Waals surface area contributed by atoms with Gasteiger partial charge in [-0.15, -0.1) is 0 Å². The summed E-state index contributed by atoms with van der Waals surface area (Å²) in [5, 5.41) is 19.6. The monoisotopic (exact) mass is 213 g/mol. The topological polar surface area (TPSA) is 71.2 Å². The van der Waals surface area contributed by atoms with Crippen molar-refractivity contribution in [3.8, 4) is 0 Å². The number of aliphatic hydroxyl groups excluding tert-OH is 1. The molecular formula is C10H19N3O2. The summed E-state index contributed by atoms with van der Waals surface area (Å²) in [4.78, 5) is 0. The Morgan fingerprint density at radius 1 is 1.47 bits per heavy atom. The molecule has 0 aliphatic rings. The zero-order valence-corrected chi connectivity index (χ0v) is 9.36. The van der Waals surface area contributed by atoms with Crippen molar-refractivity contribution in [2.24, 2.45) is 5.92 Å². The molecule has 2 N–H and O–H groups in total. The average Bonchev–Trinajstić information content (AvgIpc) is 2.63. The first-order valence-corrected chi connectivity index (χ1v) is 5.37. The molecule has 0 aliphatic heterocycles. The molecule has 1 rings (SSSR count). The molecule has 5 heteroatoms. The second-order valence-corrected chi connectivity index (χ2v) is 3.71. The third kappa shape index (κ3) is 3.97. The number of aliphatic hydroxyl groups is 1. The molecule has 0 spiro atoms. The first-order valence-electron chi connectivity index (χ1n) is 5.37. The van der Waals surface area contributed by atoms with Crippen molar-refractivity contribution in [1.82, 2.24) is 15.6 Å². The second kappa shape index (κ2) is 6.53. The van der Waals surface area contributed by atoms with Crippen molar-refractivity contribution in [2.75, 3.05) is 13.2 Å². The van der Waals surface area contributed by atoms with E-state index in [2.05, 4.69) is 27.2 Å². The lowest BCUT2D eigenvalue weighted by Crippen LogP contribution is -2.23. The van der Waals surface area contributed by atoms with Gasteiger partial charge in [-0.1, -0.05) is 23.7 Å². The van der Waals surface area contributed by atoms with Crippen LogP contribution in [0.25, 0.3) is 0 Å². The molecule has 0 bridgehead atoms. The maximum Gasteiger partial charge on any atom is 0.121 e. The van der Waals surface area contributed by atoms with Gasteiger partial charge >= 0.3 is 0 Å². The summed E-state index contributed by atoms with van der Waals surface area (Å²) in [6.07, 6.45) is 1.92. The molecule has 0 fully saturated rings. The number of hydrogen-bond donors (Lipinski definition) is 2. The Kier molecular flexibility index (Phi) is 5.28. The minimum Gasteiger partial charge on any atom is -0.396 e. The molecule has 86 valence electrons. The van der Waals surface area contributed by atoms with E-state index in [4.69, 9.17) is 5.11 Å². The highest BCUT2D eigenvalue weighted by molar-refractivity contribution is 5.03. The van der Waals surface area contributed by atoms with Crippen molar-refractivity contribution in [3.05, 3.63) is 11.4 Å². The van der Waals surface area contributed by atoms with Crippen molar-refractivity contribution >= 4 is 0 Å². The van der Waals surface area contributed by atoms with E-state index in [9.17, 15) is 0 Å². The van der Waals surface area contributed by atoms with E-state index >= 15 is 0 Å². The van der Waals surface area contributed by atoms with Gasteiger partial charge in [-0.25, -0.2) is 4.63 Å². The maximum atomic E-state index is 8.83. The summed E-state index contributed by atoms with van der Waals surface area (Å²) >= 11 is 0. The summed E-state index contributed by atoms with van der Waals surface area (Å²) in [7, 11) is 0. The van der Waals surface area contributed by atoms with Gasteiger partial charge in [0.2, 0.25) is 0 Å². The smallest absolute Gasteiger partial charge is 0.121 e. The summed E-state index contributed by atoms with van der Waals surface area (Å²) in [5.41, 5.74) is 1.69. The van der Waals surface area contributed by atoms with Crippen LogP contribution in [0.15, 0.2) is 4.63 Å². The summed E-state index contributed by atoms with van der Waals surface area (Å²) in [5.74, 6) is 0.523. The first kappa shape index (κ1) is 12.1. The molecule has 1 heterocycles. The predicted octanol–water partition coefficient (Wildman–Crippen LogP) is 0.876. The lowest BCUT2D eigenvalue weighted by molar-refractivity contribution is 0.250. The SMILES string of the molecule is CCC(CCO)CNCc1nonc1C. The van der Waals surface area contributed by atoms with Gasteiger partial charge in [0.05, 0.1) is 0 Å². The van der Waals surface area contributed by atoms with Crippen LogP contribution >= 0.6 is 0 Å².